The van der Waals surface area contributed by atoms with E-state index in [9.17, 15) is 0 Å². The minimum atomic E-state index is 0.162. The number of nitrogens with two attached hydrogens (primary N) is 1. The molecule has 2 atom stereocenters. The summed E-state index contributed by atoms with van der Waals surface area (Å²) in [5, 5.41) is 2.20. The molecule has 20 heavy (non-hydrogen) atoms. The standard InChI is InChI=1S/C16H20N2OS/c1-19-12-7-5-11(6-8-12)16(18-17)14-3-2-4-15-13(14)9-10-20-15/h5-10,14,16,18H,2-4,17H2,1H3. The molecule has 1 aliphatic rings. The lowest BCUT2D eigenvalue weighted by Gasteiger charge is -2.30. The van der Waals surface area contributed by atoms with Gasteiger partial charge in [0.05, 0.1) is 13.2 Å². The molecule has 1 aromatic carbocycles. The van der Waals surface area contributed by atoms with Gasteiger partial charge in [-0.2, -0.15) is 0 Å². The number of hydrogen-bond donors (Lipinski definition) is 2. The maximum atomic E-state index is 5.85. The van der Waals surface area contributed by atoms with Crippen LogP contribution in [0.5, 0.6) is 5.75 Å². The van der Waals surface area contributed by atoms with E-state index in [0.717, 1.165) is 5.75 Å². The van der Waals surface area contributed by atoms with Crippen LogP contribution in [0.15, 0.2) is 35.7 Å². The van der Waals surface area contributed by atoms with Gasteiger partial charge in [0.25, 0.3) is 0 Å². The Labute approximate surface area is 123 Å². The third-order valence-electron chi connectivity index (χ3n) is 4.16. The van der Waals surface area contributed by atoms with Gasteiger partial charge in [0.1, 0.15) is 5.75 Å². The second-order valence-corrected chi connectivity index (χ2v) is 6.22. The van der Waals surface area contributed by atoms with Crippen molar-refractivity contribution in [2.45, 2.75) is 31.2 Å². The Morgan fingerprint density at radius 2 is 2.10 bits per heavy atom. The molecule has 1 aromatic heterocycles. The molecule has 0 spiro atoms. The highest BCUT2D eigenvalue weighted by atomic mass is 32.1. The van der Waals surface area contributed by atoms with E-state index in [1.54, 1.807) is 7.11 Å². The summed E-state index contributed by atoms with van der Waals surface area (Å²) in [6.07, 6.45) is 3.64. The summed E-state index contributed by atoms with van der Waals surface area (Å²) >= 11 is 1.87. The molecular weight excluding hydrogens is 268 g/mol. The lowest BCUT2D eigenvalue weighted by Crippen LogP contribution is -2.33. The summed E-state index contributed by atoms with van der Waals surface area (Å²) in [7, 11) is 1.69. The number of fused-ring (bicyclic) bond motifs is 1. The van der Waals surface area contributed by atoms with Crippen LogP contribution in [-0.2, 0) is 6.42 Å². The monoisotopic (exact) mass is 288 g/mol. The summed E-state index contributed by atoms with van der Waals surface area (Å²) in [5.74, 6) is 7.19. The van der Waals surface area contributed by atoms with Gasteiger partial charge in [0.15, 0.2) is 0 Å². The normalized spacial score (nSPS) is 19.4. The van der Waals surface area contributed by atoms with Crippen molar-refractivity contribution >= 4 is 11.3 Å². The third kappa shape index (κ3) is 2.46. The van der Waals surface area contributed by atoms with Crippen molar-refractivity contribution in [3.63, 3.8) is 0 Å². The largest absolute Gasteiger partial charge is 0.497 e. The first-order chi connectivity index (χ1) is 9.83. The molecule has 0 saturated heterocycles. The Morgan fingerprint density at radius 1 is 1.30 bits per heavy atom. The quantitative estimate of drug-likeness (QED) is 0.670. The number of benzene rings is 1. The molecule has 3 N–H and O–H groups in total. The molecule has 0 saturated carbocycles. The first-order valence-electron chi connectivity index (χ1n) is 7.00. The zero-order valence-electron chi connectivity index (χ0n) is 11.6. The molecule has 0 radical (unpaired) electrons. The molecule has 2 unspecified atom stereocenters. The van der Waals surface area contributed by atoms with Crippen LogP contribution in [0.4, 0.5) is 0 Å². The molecule has 0 bridgehead atoms. The first kappa shape index (κ1) is 13.6. The molecule has 3 nitrogen and oxygen atoms in total. The zero-order chi connectivity index (χ0) is 13.9. The van der Waals surface area contributed by atoms with Crippen LogP contribution >= 0.6 is 11.3 Å². The Kier molecular flexibility index (Phi) is 4.05. The maximum absolute atomic E-state index is 5.85. The predicted molar refractivity (Wildman–Crippen MR) is 83.1 cm³/mol. The van der Waals surface area contributed by atoms with Crippen LogP contribution in [0, 0.1) is 0 Å². The van der Waals surface area contributed by atoms with Gasteiger partial charge >= 0.3 is 0 Å². The second kappa shape index (κ2) is 5.95. The number of rotatable bonds is 4. The molecule has 2 aromatic rings. The van der Waals surface area contributed by atoms with E-state index in [2.05, 4.69) is 29.0 Å². The Bertz CT molecular complexity index is 564. The molecule has 3 rings (SSSR count). The zero-order valence-corrected chi connectivity index (χ0v) is 12.5. The molecule has 0 amide bonds. The van der Waals surface area contributed by atoms with Gasteiger partial charge < -0.3 is 4.74 Å². The molecule has 1 aliphatic carbocycles. The first-order valence-corrected chi connectivity index (χ1v) is 7.88. The summed E-state index contributed by atoms with van der Waals surface area (Å²) in [5.41, 5.74) is 5.71. The fourth-order valence-corrected chi connectivity index (χ4v) is 4.12. The van der Waals surface area contributed by atoms with Crippen LogP contribution in [-0.4, -0.2) is 7.11 Å². The van der Waals surface area contributed by atoms with Gasteiger partial charge in [0, 0.05) is 10.8 Å². The highest BCUT2D eigenvalue weighted by Gasteiger charge is 2.29. The fraction of sp³-hybridized carbons (Fsp3) is 0.375. The van der Waals surface area contributed by atoms with Crippen molar-refractivity contribution in [1.29, 1.82) is 0 Å². The van der Waals surface area contributed by atoms with Crippen molar-refractivity contribution in [2.24, 2.45) is 5.84 Å². The van der Waals surface area contributed by atoms with E-state index < -0.39 is 0 Å². The van der Waals surface area contributed by atoms with Crippen LogP contribution in [0.1, 0.15) is 40.8 Å². The number of hydrazine groups is 1. The molecule has 0 aliphatic heterocycles. The van der Waals surface area contributed by atoms with Crippen LogP contribution in [0.3, 0.4) is 0 Å². The van der Waals surface area contributed by atoms with E-state index in [4.69, 9.17) is 10.6 Å². The summed E-state index contributed by atoms with van der Waals surface area (Å²) < 4.78 is 5.22. The lowest BCUT2D eigenvalue weighted by atomic mass is 9.80. The van der Waals surface area contributed by atoms with Crippen molar-refractivity contribution in [2.75, 3.05) is 7.11 Å². The van der Waals surface area contributed by atoms with E-state index in [1.807, 2.05) is 23.5 Å². The summed E-state index contributed by atoms with van der Waals surface area (Å²) in [6, 6.07) is 10.6. The highest BCUT2D eigenvalue weighted by molar-refractivity contribution is 7.10. The Morgan fingerprint density at radius 3 is 2.80 bits per heavy atom. The van der Waals surface area contributed by atoms with E-state index >= 15 is 0 Å². The fourth-order valence-electron chi connectivity index (χ4n) is 3.12. The van der Waals surface area contributed by atoms with Gasteiger partial charge in [0.2, 0.25) is 0 Å². The van der Waals surface area contributed by atoms with Crippen LogP contribution in [0.25, 0.3) is 0 Å². The minimum absolute atomic E-state index is 0.162. The van der Waals surface area contributed by atoms with Crippen molar-refractivity contribution in [3.05, 3.63) is 51.7 Å². The summed E-state index contributed by atoms with van der Waals surface area (Å²) in [6.45, 7) is 0. The third-order valence-corrected chi connectivity index (χ3v) is 5.15. The van der Waals surface area contributed by atoms with Gasteiger partial charge in [-0.25, -0.2) is 0 Å². The molecule has 4 heteroatoms. The topological polar surface area (TPSA) is 47.3 Å². The smallest absolute Gasteiger partial charge is 0.118 e. The number of aryl methyl sites for hydroxylation is 1. The number of thiophene rings is 1. The molecule has 1 heterocycles. The van der Waals surface area contributed by atoms with E-state index in [-0.39, 0.29) is 6.04 Å². The minimum Gasteiger partial charge on any atom is -0.497 e. The van der Waals surface area contributed by atoms with Crippen molar-refractivity contribution in [3.8, 4) is 5.75 Å². The molecule has 0 fully saturated rings. The average Bonchev–Trinajstić information content (AvgIpc) is 2.98. The number of methoxy groups -OCH3 is 1. The van der Waals surface area contributed by atoms with Gasteiger partial charge in [-0.1, -0.05) is 12.1 Å². The predicted octanol–water partition coefficient (Wildman–Crippen LogP) is 3.38. The Balaban J connectivity index is 1.90. The maximum Gasteiger partial charge on any atom is 0.118 e. The summed E-state index contributed by atoms with van der Waals surface area (Å²) in [4.78, 5) is 1.52. The van der Waals surface area contributed by atoms with Gasteiger partial charge in [-0.15, -0.1) is 11.3 Å². The number of nitrogens with one attached hydrogen (secondary N) is 1. The molecule has 106 valence electrons. The van der Waals surface area contributed by atoms with E-state index in [0.29, 0.717) is 5.92 Å². The highest BCUT2D eigenvalue weighted by Crippen LogP contribution is 2.42. The SMILES string of the molecule is COc1ccc(C(NN)C2CCCc3sccc32)cc1. The Hall–Kier alpha value is -1.36. The van der Waals surface area contributed by atoms with Crippen LogP contribution < -0.4 is 16.0 Å². The number of hydrogen-bond acceptors (Lipinski definition) is 4. The van der Waals surface area contributed by atoms with Gasteiger partial charge in [-0.3, -0.25) is 11.3 Å². The second-order valence-electron chi connectivity index (χ2n) is 5.22. The molecular formula is C16H20N2OS. The van der Waals surface area contributed by atoms with Crippen molar-refractivity contribution < 1.29 is 4.74 Å². The van der Waals surface area contributed by atoms with Crippen LogP contribution in [0.2, 0.25) is 0 Å². The lowest BCUT2D eigenvalue weighted by molar-refractivity contribution is 0.405. The van der Waals surface area contributed by atoms with Gasteiger partial charge in [-0.05, 0) is 54.0 Å². The number of ether oxygens (including phenoxy) is 1. The average molecular weight is 288 g/mol. The van der Waals surface area contributed by atoms with E-state index in [1.165, 1.54) is 35.3 Å². The van der Waals surface area contributed by atoms with Crippen molar-refractivity contribution in [1.82, 2.24) is 5.43 Å².